The summed E-state index contributed by atoms with van der Waals surface area (Å²) in [5.41, 5.74) is 0.313. The van der Waals surface area contributed by atoms with Gasteiger partial charge in [-0.1, -0.05) is 0 Å². The number of phenols is 1. The second kappa shape index (κ2) is 8.83. The lowest BCUT2D eigenvalue weighted by Crippen LogP contribution is -2.38. The van der Waals surface area contributed by atoms with Crippen LogP contribution in [-0.2, 0) is 14.3 Å². The number of nitrogens with zero attached hydrogens (tertiary/aromatic N) is 1. The summed E-state index contributed by atoms with van der Waals surface area (Å²) in [5.74, 6) is -0.798. The van der Waals surface area contributed by atoms with Gasteiger partial charge in [-0.05, 0) is 47.7 Å². The van der Waals surface area contributed by atoms with Gasteiger partial charge in [0.1, 0.15) is 12.3 Å². The summed E-state index contributed by atoms with van der Waals surface area (Å²) in [6.45, 7) is 2.39. The van der Waals surface area contributed by atoms with Crippen molar-refractivity contribution in [2.24, 2.45) is 0 Å². The molecule has 0 unspecified atom stereocenters. The lowest BCUT2D eigenvalue weighted by Gasteiger charge is -2.21. The number of carbonyl (C=O) groups excluding carboxylic acids is 2. The maximum Gasteiger partial charge on any atom is 0.325 e. The second-order valence-corrected chi connectivity index (χ2v) is 5.35. The Morgan fingerprint density at radius 2 is 2.10 bits per heavy atom. The summed E-state index contributed by atoms with van der Waals surface area (Å²) in [6.07, 6.45) is 0. The van der Waals surface area contributed by atoms with Gasteiger partial charge < -0.3 is 19.5 Å². The van der Waals surface area contributed by atoms with Crippen molar-refractivity contribution in [1.82, 2.24) is 4.90 Å². The molecular formula is C14H18INO5. The average Bonchev–Trinajstić information content (AvgIpc) is 2.46. The number of aromatic hydroxyl groups is 1. The fourth-order valence-corrected chi connectivity index (χ4v) is 1.98. The van der Waals surface area contributed by atoms with Gasteiger partial charge in [0.05, 0.1) is 16.8 Å². The lowest BCUT2D eigenvalue weighted by molar-refractivity contribution is -0.143. The van der Waals surface area contributed by atoms with Crippen LogP contribution in [0, 0.1) is 3.57 Å². The fourth-order valence-electron chi connectivity index (χ4n) is 1.64. The highest BCUT2D eigenvalue weighted by atomic mass is 127. The van der Waals surface area contributed by atoms with Crippen LogP contribution in [0.3, 0.4) is 0 Å². The Kier molecular flexibility index (Phi) is 7.44. The van der Waals surface area contributed by atoms with Crippen molar-refractivity contribution >= 4 is 34.5 Å². The topological polar surface area (TPSA) is 76.1 Å². The molecule has 1 aromatic rings. The molecule has 1 amide bonds. The number of ether oxygens (including phenoxy) is 2. The molecular weight excluding hydrogens is 389 g/mol. The maximum atomic E-state index is 12.4. The predicted octanol–water partition coefficient (Wildman–Crippen LogP) is 1.65. The van der Waals surface area contributed by atoms with Gasteiger partial charge >= 0.3 is 5.97 Å². The quantitative estimate of drug-likeness (QED) is 0.550. The van der Waals surface area contributed by atoms with Crippen molar-refractivity contribution in [2.75, 3.05) is 33.4 Å². The highest BCUT2D eigenvalue weighted by Gasteiger charge is 2.20. The van der Waals surface area contributed by atoms with Crippen LogP contribution in [0.5, 0.6) is 5.75 Å². The van der Waals surface area contributed by atoms with E-state index < -0.39 is 5.97 Å². The fraction of sp³-hybridized carbons (Fsp3) is 0.429. The molecule has 1 N–H and O–H groups in total. The normalized spacial score (nSPS) is 10.2. The Morgan fingerprint density at radius 1 is 1.38 bits per heavy atom. The van der Waals surface area contributed by atoms with Gasteiger partial charge in [0.25, 0.3) is 5.91 Å². The SMILES string of the molecule is CCOC(=O)CN(CCOC)C(=O)c1ccc(I)c(O)c1. The van der Waals surface area contributed by atoms with Crippen LogP contribution in [0.25, 0.3) is 0 Å². The van der Waals surface area contributed by atoms with Crippen LogP contribution in [0.15, 0.2) is 18.2 Å². The summed E-state index contributed by atoms with van der Waals surface area (Å²) in [7, 11) is 1.52. The molecule has 1 rings (SSSR count). The van der Waals surface area contributed by atoms with Gasteiger partial charge in [0, 0.05) is 19.2 Å². The number of benzene rings is 1. The number of hydrogen-bond donors (Lipinski definition) is 1. The molecule has 21 heavy (non-hydrogen) atoms. The van der Waals surface area contributed by atoms with Crippen molar-refractivity contribution in [3.63, 3.8) is 0 Å². The minimum atomic E-state index is -0.475. The van der Waals surface area contributed by atoms with Crippen molar-refractivity contribution in [1.29, 1.82) is 0 Å². The Bertz CT molecular complexity index is 506. The molecule has 0 aliphatic carbocycles. The molecule has 0 fully saturated rings. The molecule has 116 valence electrons. The molecule has 1 aromatic carbocycles. The van der Waals surface area contributed by atoms with E-state index in [-0.39, 0.29) is 31.4 Å². The molecule has 0 aromatic heterocycles. The molecule has 0 atom stereocenters. The first-order valence-electron chi connectivity index (χ1n) is 6.42. The zero-order valence-electron chi connectivity index (χ0n) is 12.0. The minimum absolute atomic E-state index is 0.0317. The number of carbonyl (C=O) groups is 2. The number of phenolic OH excluding ortho intramolecular Hbond substituents is 1. The van der Waals surface area contributed by atoms with Crippen LogP contribution in [0.1, 0.15) is 17.3 Å². The third-order valence-corrected chi connectivity index (χ3v) is 3.58. The Morgan fingerprint density at radius 3 is 2.67 bits per heavy atom. The summed E-state index contributed by atoms with van der Waals surface area (Å²) >= 11 is 1.97. The highest BCUT2D eigenvalue weighted by Crippen LogP contribution is 2.21. The number of methoxy groups -OCH3 is 1. The lowest BCUT2D eigenvalue weighted by atomic mass is 10.2. The van der Waals surface area contributed by atoms with Crippen LogP contribution in [0.2, 0.25) is 0 Å². The van der Waals surface area contributed by atoms with E-state index in [1.165, 1.54) is 18.1 Å². The first kappa shape index (κ1) is 17.7. The van der Waals surface area contributed by atoms with E-state index >= 15 is 0 Å². The third kappa shape index (κ3) is 5.50. The van der Waals surface area contributed by atoms with E-state index in [1.807, 2.05) is 22.6 Å². The standard InChI is InChI=1S/C14H18INO5/c1-3-21-13(18)9-16(6-7-20-2)14(19)10-4-5-11(15)12(17)8-10/h4-5,8,17H,3,6-7,9H2,1-2H3. The minimum Gasteiger partial charge on any atom is -0.507 e. The first-order valence-corrected chi connectivity index (χ1v) is 7.49. The zero-order chi connectivity index (χ0) is 15.8. The summed E-state index contributed by atoms with van der Waals surface area (Å²) in [5, 5.41) is 9.68. The van der Waals surface area contributed by atoms with Crippen LogP contribution in [-0.4, -0.2) is 55.3 Å². The largest absolute Gasteiger partial charge is 0.507 e. The molecule has 0 bridgehead atoms. The molecule has 0 heterocycles. The molecule has 0 saturated heterocycles. The van der Waals surface area contributed by atoms with E-state index in [0.29, 0.717) is 15.7 Å². The van der Waals surface area contributed by atoms with Crippen molar-refractivity contribution in [3.8, 4) is 5.75 Å². The van der Waals surface area contributed by atoms with Gasteiger partial charge in [0.2, 0.25) is 0 Å². The maximum absolute atomic E-state index is 12.4. The predicted molar refractivity (Wildman–Crippen MR) is 85.2 cm³/mol. The van der Waals surface area contributed by atoms with E-state index in [1.54, 1.807) is 19.1 Å². The van der Waals surface area contributed by atoms with Gasteiger partial charge in [-0.3, -0.25) is 9.59 Å². The van der Waals surface area contributed by atoms with Crippen molar-refractivity contribution in [2.45, 2.75) is 6.92 Å². The molecule has 0 saturated carbocycles. The number of rotatable bonds is 7. The molecule has 7 heteroatoms. The number of halogens is 1. The average molecular weight is 407 g/mol. The Balaban J connectivity index is 2.87. The second-order valence-electron chi connectivity index (χ2n) is 4.19. The Hall–Kier alpha value is -1.35. The smallest absolute Gasteiger partial charge is 0.325 e. The van der Waals surface area contributed by atoms with E-state index in [0.717, 1.165) is 0 Å². The monoisotopic (exact) mass is 407 g/mol. The summed E-state index contributed by atoms with van der Waals surface area (Å²) in [4.78, 5) is 25.3. The molecule has 0 radical (unpaired) electrons. The van der Waals surface area contributed by atoms with E-state index in [2.05, 4.69) is 0 Å². The van der Waals surface area contributed by atoms with Crippen LogP contribution in [0.4, 0.5) is 0 Å². The number of esters is 1. The summed E-state index contributed by atoms with van der Waals surface area (Å²) in [6, 6.07) is 4.63. The molecule has 0 spiro atoms. The highest BCUT2D eigenvalue weighted by molar-refractivity contribution is 14.1. The van der Waals surface area contributed by atoms with Gasteiger partial charge in [-0.25, -0.2) is 0 Å². The number of hydrogen-bond acceptors (Lipinski definition) is 5. The van der Waals surface area contributed by atoms with Crippen LogP contribution >= 0.6 is 22.6 Å². The first-order chi connectivity index (χ1) is 9.99. The van der Waals surface area contributed by atoms with Crippen LogP contribution < -0.4 is 0 Å². The summed E-state index contributed by atoms with van der Waals surface area (Å²) < 4.78 is 10.5. The van der Waals surface area contributed by atoms with Gasteiger partial charge in [-0.2, -0.15) is 0 Å². The Labute approximate surface area is 137 Å². The number of amides is 1. The molecule has 0 aliphatic rings. The molecule has 0 aliphatic heterocycles. The van der Waals surface area contributed by atoms with Gasteiger partial charge in [0.15, 0.2) is 0 Å². The van der Waals surface area contributed by atoms with E-state index in [4.69, 9.17) is 9.47 Å². The molecule has 6 nitrogen and oxygen atoms in total. The zero-order valence-corrected chi connectivity index (χ0v) is 14.1. The van der Waals surface area contributed by atoms with Gasteiger partial charge in [-0.15, -0.1) is 0 Å². The third-order valence-electron chi connectivity index (χ3n) is 2.67. The van der Waals surface area contributed by atoms with E-state index in [9.17, 15) is 14.7 Å². The van der Waals surface area contributed by atoms with Crippen molar-refractivity contribution < 1.29 is 24.2 Å². The van der Waals surface area contributed by atoms with Crippen molar-refractivity contribution in [3.05, 3.63) is 27.3 Å².